The standard InChI is InChI=1S/C23H30ClN5O3/c1-15(4-6-18(24)12-25)26-23(31)29-14-20(32-3)11-21(29)22(30)27-19-7-5-17-13-28(2)9-8-16(17)10-19/h4-7,10,12,20-21H,1,8-9,11,13-14,25H2,2-3H3,(H,26,31)(H,27,30)/b6-4-,18-12+/t20?,21-/m1/s1. The van der Waals surface area contributed by atoms with E-state index >= 15 is 0 Å². The molecule has 1 saturated heterocycles. The smallest absolute Gasteiger partial charge is 0.322 e. The topological polar surface area (TPSA) is 99.9 Å². The van der Waals surface area contributed by atoms with Gasteiger partial charge in [0.2, 0.25) is 5.91 Å². The number of anilines is 1. The van der Waals surface area contributed by atoms with E-state index in [2.05, 4.69) is 35.2 Å². The predicted octanol–water partition coefficient (Wildman–Crippen LogP) is 2.52. The summed E-state index contributed by atoms with van der Waals surface area (Å²) in [6, 6.07) is 4.89. The Morgan fingerprint density at radius 2 is 2.09 bits per heavy atom. The first-order valence-corrected chi connectivity index (χ1v) is 10.8. The Morgan fingerprint density at radius 1 is 1.31 bits per heavy atom. The highest BCUT2D eigenvalue weighted by Crippen LogP contribution is 2.25. The highest BCUT2D eigenvalue weighted by atomic mass is 35.5. The number of benzene rings is 1. The molecule has 1 aromatic rings. The fourth-order valence-electron chi connectivity index (χ4n) is 3.93. The van der Waals surface area contributed by atoms with Gasteiger partial charge >= 0.3 is 6.03 Å². The van der Waals surface area contributed by atoms with E-state index in [0.717, 1.165) is 25.2 Å². The van der Waals surface area contributed by atoms with Gasteiger partial charge in [-0.15, -0.1) is 0 Å². The highest BCUT2D eigenvalue weighted by Gasteiger charge is 2.40. The molecule has 1 fully saturated rings. The number of carbonyl (C=O) groups is 2. The van der Waals surface area contributed by atoms with E-state index in [9.17, 15) is 9.59 Å². The number of allylic oxidation sites excluding steroid dienone is 3. The van der Waals surface area contributed by atoms with Crippen LogP contribution in [0.4, 0.5) is 10.5 Å². The minimum absolute atomic E-state index is 0.228. The number of carbonyl (C=O) groups excluding carboxylic acids is 2. The van der Waals surface area contributed by atoms with Crippen molar-refractivity contribution in [2.75, 3.05) is 32.6 Å². The molecule has 1 aromatic carbocycles. The van der Waals surface area contributed by atoms with Gasteiger partial charge in [-0.1, -0.05) is 24.2 Å². The molecule has 0 aliphatic carbocycles. The maximum atomic E-state index is 13.1. The molecule has 3 amide bonds. The molecule has 0 saturated carbocycles. The van der Waals surface area contributed by atoms with Gasteiger partial charge in [-0.25, -0.2) is 4.79 Å². The van der Waals surface area contributed by atoms with Crippen LogP contribution in [0.2, 0.25) is 0 Å². The minimum atomic E-state index is -0.661. The number of methoxy groups -OCH3 is 1. The summed E-state index contributed by atoms with van der Waals surface area (Å²) in [6.45, 7) is 5.98. The molecule has 2 aliphatic rings. The molecule has 9 heteroatoms. The number of likely N-dealkylation sites (tertiary alicyclic amines) is 1. The molecule has 2 heterocycles. The van der Waals surface area contributed by atoms with Crippen LogP contribution in [0.5, 0.6) is 0 Å². The van der Waals surface area contributed by atoms with Crippen LogP contribution in [-0.2, 0) is 22.5 Å². The number of urea groups is 1. The van der Waals surface area contributed by atoms with Gasteiger partial charge in [-0.2, -0.15) is 0 Å². The van der Waals surface area contributed by atoms with E-state index in [1.54, 1.807) is 7.11 Å². The van der Waals surface area contributed by atoms with Crippen molar-refractivity contribution in [2.24, 2.45) is 5.73 Å². The molecule has 8 nitrogen and oxygen atoms in total. The Bertz CT molecular complexity index is 946. The van der Waals surface area contributed by atoms with Gasteiger partial charge in [0.1, 0.15) is 6.04 Å². The van der Waals surface area contributed by atoms with Crippen molar-refractivity contribution < 1.29 is 14.3 Å². The molecule has 172 valence electrons. The van der Waals surface area contributed by atoms with Gasteiger partial charge in [0.25, 0.3) is 0 Å². The van der Waals surface area contributed by atoms with Crippen molar-refractivity contribution in [2.45, 2.75) is 31.5 Å². The van der Waals surface area contributed by atoms with Crippen molar-refractivity contribution in [1.29, 1.82) is 0 Å². The van der Waals surface area contributed by atoms with Crippen LogP contribution in [0, 0.1) is 0 Å². The van der Waals surface area contributed by atoms with Crippen LogP contribution in [0.3, 0.4) is 0 Å². The fourth-order valence-corrected chi connectivity index (χ4v) is 3.99. The zero-order valence-electron chi connectivity index (χ0n) is 18.4. The van der Waals surface area contributed by atoms with E-state index in [-0.39, 0.29) is 12.0 Å². The Balaban J connectivity index is 1.67. The summed E-state index contributed by atoms with van der Waals surface area (Å²) < 4.78 is 5.42. The van der Waals surface area contributed by atoms with Gasteiger partial charge in [0.15, 0.2) is 0 Å². The maximum Gasteiger partial charge on any atom is 0.322 e. The lowest BCUT2D eigenvalue weighted by Gasteiger charge is -2.26. The molecule has 1 unspecified atom stereocenters. The number of halogens is 1. The average molecular weight is 460 g/mol. The summed E-state index contributed by atoms with van der Waals surface area (Å²) in [4.78, 5) is 29.6. The molecule has 2 aliphatic heterocycles. The number of nitrogens with zero attached hydrogens (tertiary/aromatic N) is 2. The lowest BCUT2D eigenvalue weighted by Crippen LogP contribution is -2.47. The minimum Gasteiger partial charge on any atom is -0.403 e. The molecule has 0 bridgehead atoms. The van der Waals surface area contributed by atoms with Crippen molar-refractivity contribution >= 4 is 29.2 Å². The van der Waals surface area contributed by atoms with Crippen molar-refractivity contribution in [1.82, 2.24) is 15.1 Å². The zero-order chi connectivity index (χ0) is 23.3. The number of hydrogen-bond donors (Lipinski definition) is 3. The number of ether oxygens (including phenoxy) is 1. The van der Waals surface area contributed by atoms with Crippen LogP contribution in [0.15, 0.2) is 53.9 Å². The van der Waals surface area contributed by atoms with Gasteiger partial charge < -0.3 is 30.9 Å². The van der Waals surface area contributed by atoms with Gasteiger partial charge in [0, 0.05) is 50.7 Å². The second kappa shape index (κ2) is 10.7. The number of hydrogen-bond acceptors (Lipinski definition) is 5. The number of nitrogens with two attached hydrogens (primary N) is 1. The Hall–Kier alpha value is -2.81. The number of likely N-dealkylation sites (N-methyl/N-ethyl adjacent to an activating group) is 1. The fraction of sp³-hybridized carbons (Fsp3) is 0.391. The first-order valence-electron chi connectivity index (χ1n) is 10.5. The molecule has 0 aromatic heterocycles. The lowest BCUT2D eigenvalue weighted by molar-refractivity contribution is -0.119. The second-order valence-electron chi connectivity index (χ2n) is 8.06. The second-order valence-corrected chi connectivity index (χ2v) is 8.50. The summed E-state index contributed by atoms with van der Waals surface area (Å²) in [5.74, 6) is -0.247. The molecule has 4 N–H and O–H groups in total. The molecule has 3 rings (SSSR count). The van der Waals surface area contributed by atoms with Crippen molar-refractivity contribution in [3.63, 3.8) is 0 Å². The maximum absolute atomic E-state index is 13.1. The summed E-state index contributed by atoms with van der Waals surface area (Å²) in [5, 5.41) is 5.96. The largest absolute Gasteiger partial charge is 0.403 e. The predicted molar refractivity (Wildman–Crippen MR) is 126 cm³/mol. The third kappa shape index (κ3) is 5.91. The summed E-state index contributed by atoms with van der Waals surface area (Å²) >= 11 is 5.82. The van der Waals surface area contributed by atoms with E-state index in [1.807, 2.05) is 12.1 Å². The van der Waals surface area contributed by atoms with Gasteiger partial charge in [-0.05, 0) is 48.9 Å². The molecule has 2 atom stereocenters. The number of rotatable bonds is 6. The first-order chi connectivity index (χ1) is 15.3. The first kappa shape index (κ1) is 23.8. The Kier molecular flexibility index (Phi) is 7.95. The Labute approximate surface area is 193 Å². The molecule has 0 radical (unpaired) electrons. The van der Waals surface area contributed by atoms with E-state index < -0.39 is 12.1 Å². The third-order valence-electron chi connectivity index (χ3n) is 5.71. The zero-order valence-corrected chi connectivity index (χ0v) is 19.2. The van der Waals surface area contributed by atoms with Crippen molar-refractivity contribution in [3.8, 4) is 0 Å². The van der Waals surface area contributed by atoms with E-state index in [4.69, 9.17) is 22.1 Å². The van der Waals surface area contributed by atoms with Gasteiger partial charge in [-0.3, -0.25) is 4.79 Å². The normalized spacial score (nSPS) is 21.5. The average Bonchev–Trinajstić information content (AvgIpc) is 3.22. The number of amides is 3. The monoisotopic (exact) mass is 459 g/mol. The number of nitrogens with one attached hydrogen (secondary N) is 2. The van der Waals surface area contributed by atoms with Crippen LogP contribution in [-0.4, -0.2) is 61.1 Å². The molecular weight excluding hydrogens is 430 g/mol. The summed E-state index contributed by atoms with van der Waals surface area (Å²) in [5.41, 5.74) is 8.89. The Morgan fingerprint density at radius 3 is 2.81 bits per heavy atom. The quantitative estimate of drug-likeness (QED) is 0.567. The lowest BCUT2D eigenvalue weighted by atomic mass is 9.99. The summed E-state index contributed by atoms with van der Waals surface area (Å²) in [7, 11) is 3.67. The molecular formula is C23H30ClN5O3. The van der Waals surface area contributed by atoms with Crippen LogP contribution in [0.25, 0.3) is 0 Å². The van der Waals surface area contributed by atoms with E-state index in [0.29, 0.717) is 23.7 Å². The van der Waals surface area contributed by atoms with Gasteiger partial charge in [0.05, 0.1) is 11.1 Å². The highest BCUT2D eigenvalue weighted by molar-refractivity contribution is 6.31. The third-order valence-corrected chi connectivity index (χ3v) is 5.96. The van der Waals surface area contributed by atoms with Crippen LogP contribution in [0.1, 0.15) is 17.5 Å². The molecule has 32 heavy (non-hydrogen) atoms. The van der Waals surface area contributed by atoms with Crippen LogP contribution >= 0.6 is 11.6 Å². The van der Waals surface area contributed by atoms with E-state index in [1.165, 1.54) is 34.4 Å². The molecule has 0 spiro atoms. The summed E-state index contributed by atoms with van der Waals surface area (Å²) in [6.07, 6.45) is 5.41. The van der Waals surface area contributed by atoms with Crippen molar-refractivity contribution in [3.05, 3.63) is 65.0 Å². The SMILES string of the molecule is C=C(/C=C\C(Cl)=C/N)NC(=O)N1CC(OC)C[C@@H]1C(=O)Nc1ccc2c(c1)CCN(C)C2. The van der Waals surface area contributed by atoms with Crippen LogP contribution < -0.4 is 16.4 Å². The number of fused-ring (bicyclic) bond motifs is 1.